The van der Waals surface area contributed by atoms with Crippen LogP contribution in [0.4, 0.5) is 0 Å². The predicted octanol–water partition coefficient (Wildman–Crippen LogP) is 0.775. The number of ether oxygens (including phenoxy) is 1. The van der Waals surface area contributed by atoms with Crippen molar-refractivity contribution in [3.63, 3.8) is 0 Å². The molecule has 0 aromatic rings. The maximum atomic E-state index is 11.1. The van der Waals surface area contributed by atoms with Crippen LogP contribution in [0.1, 0.15) is 24.3 Å². The van der Waals surface area contributed by atoms with Gasteiger partial charge >= 0.3 is 5.97 Å². The van der Waals surface area contributed by atoms with Crippen LogP contribution in [0.15, 0.2) is 0 Å². The van der Waals surface area contributed by atoms with Crippen molar-refractivity contribution in [2.75, 3.05) is 7.11 Å². The molecule has 10 heavy (non-hydrogen) atoms. The molecule has 3 nitrogen and oxygen atoms in total. The summed E-state index contributed by atoms with van der Waals surface area (Å²) in [4.78, 5) is 21.9. The van der Waals surface area contributed by atoms with Gasteiger partial charge in [0, 0.05) is 10.0 Å². The van der Waals surface area contributed by atoms with Crippen LogP contribution >= 0.6 is 0 Å². The summed E-state index contributed by atoms with van der Waals surface area (Å²) in [5, 5.41) is 0. The molecule has 0 saturated carbocycles. The molecule has 0 heterocycles. The number of ketones is 1. The number of methoxy groups -OCH3 is 1. The summed E-state index contributed by atoms with van der Waals surface area (Å²) < 4.78 is 25.1. The predicted molar refractivity (Wildman–Crippen MR) is 36.5 cm³/mol. The van der Waals surface area contributed by atoms with Gasteiger partial charge in [0.15, 0.2) is 0 Å². The molecule has 0 unspecified atom stereocenters. The largest absolute Gasteiger partial charge is 0.463 e. The minimum absolute atomic E-state index is 0.102. The number of carbonyl (C=O) groups excluding carboxylic acids is 2. The lowest BCUT2D eigenvalue weighted by atomic mass is 10.0. The quantitative estimate of drug-likeness (QED) is 0.437. The molecule has 0 aromatic carbocycles. The molecule has 0 amide bonds. The van der Waals surface area contributed by atoms with Crippen molar-refractivity contribution in [1.29, 1.82) is 0 Å². The molecule has 0 aliphatic carbocycles. The standard InChI is InChI=1S/C7H12O3/c1-4-5(2)6(8)7(9)10-3/h5H,4H2,1-3H3/t5-/m1/s1/i2D3. The number of hydrogen-bond donors (Lipinski definition) is 0. The summed E-state index contributed by atoms with van der Waals surface area (Å²) in [6, 6.07) is 0. The van der Waals surface area contributed by atoms with E-state index >= 15 is 0 Å². The zero-order valence-electron chi connectivity index (χ0n) is 9.01. The highest BCUT2D eigenvalue weighted by molar-refractivity contribution is 6.34. The van der Waals surface area contributed by atoms with E-state index in [0.717, 1.165) is 7.11 Å². The summed E-state index contributed by atoms with van der Waals surface area (Å²) in [7, 11) is 1.05. The first-order valence-corrected chi connectivity index (χ1v) is 2.96. The topological polar surface area (TPSA) is 43.4 Å². The molecule has 58 valence electrons. The Kier molecular flexibility index (Phi) is 1.97. The SMILES string of the molecule is [2H]C([2H])([2H])[C@H](CC)C(=O)C(=O)OC. The van der Waals surface area contributed by atoms with Crippen molar-refractivity contribution in [2.24, 2.45) is 5.92 Å². The van der Waals surface area contributed by atoms with Crippen LogP contribution in [0.25, 0.3) is 0 Å². The molecule has 0 radical (unpaired) electrons. The highest BCUT2D eigenvalue weighted by Crippen LogP contribution is 2.02. The Labute approximate surface area is 64.6 Å². The summed E-state index contributed by atoms with van der Waals surface area (Å²) in [6.07, 6.45) is 0.102. The molecule has 1 atom stereocenters. The minimum atomic E-state index is -2.43. The Balaban J connectivity index is 4.61. The van der Waals surface area contributed by atoms with Crippen molar-refractivity contribution in [1.82, 2.24) is 0 Å². The van der Waals surface area contributed by atoms with Gasteiger partial charge in [-0.1, -0.05) is 13.8 Å². The van der Waals surface area contributed by atoms with E-state index in [-0.39, 0.29) is 6.42 Å². The third-order valence-electron chi connectivity index (χ3n) is 1.11. The Hall–Kier alpha value is -0.860. The summed E-state index contributed by atoms with van der Waals surface area (Å²) in [6.45, 7) is -0.891. The van der Waals surface area contributed by atoms with Gasteiger partial charge in [0.25, 0.3) is 0 Å². The fourth-order valence-electron chi connectivity index (χ4n) is 0.428. The van der Waals surface area contributed by atoms with Crippen LogP contribution in [0, 0.1) is 5.92 Å². The lowest BCUT2D eigenvalue weighted by molar-refractivity contribution is -0.153. The first-order chi connectivity index (χ1) is 5.84. The summed E-state index contributed by atoms with van der Waals surface area (Å²) in [5.41, 5.74) is 0. The second-order valence-electron chi connectivity index (χ2n) is 1.82. The van der Waals surface area contributed by atoms with Gasteiger partial charge in [-0.15, -0.1) is 0 Å². The Bertz CT molecular complexity index is 210. The number of esters is 1. The number of Topliss-reactive ketones (excluding diaryl/α,β-unsaturated/α-hetero) is 1. The summed E-state index contributed by atoms with van der Waals surface area (Å²) >= 11 is 0. The van der Waals surface area contributed by atoms with Gasteiger partial charge in [-0.25, -0.2) is 4.79 Å². The Morgan fingerprint density at radius 1 is 1.70 bits per heavy atom. The van der Waals surface area contributed by atoms with E-state index in [4.69, 9.17) is 4.11 Å². The van der Waals surface area contributed by atoms with Gasteiger partial charge in [-0.2, -0.15) is 0 Å². The zero-order chi connectivity index (χ0) is 10.6. The van der Waals surface area contributed by atoms with Crippen molar-refractivity contribution < 1.29 is 18.4 Å². The van der Waals surface area contributed by atoms with Gasteiger partial charge in [-0.05, 0) is 6.42 Å². The van der Waals surface area contributed by atoms with Crippen molar-refractivity contribution >= 4 is 11.8 Å². The van der Waals surface area contributed by atoms with Gasteiger partial charge < -0.3 is 4.74 Å². The molecule has 0 N–H and O–H groups in total. The fraction of sp³-hybridized carbons (Fsp3) is 0.714. The molecular formula is C7H12O3. The highest BCUT2D eigenvalue weighted by atomic mass is 16.5. The van der Waals surface area contributed by atoms with Gasteiger partial charge in [0.2, 0.25) is 5.78 Å². The minimum Gasteiger partial charge on any atom is -0.463 e. The van der Waals surface area contributed by atoms with Gasteiger partial charge in [0.05, 0.1) is 7.11 Å². The van der Waals surface area contributed by atoms with E-state index in [2.05, 4.69) is 4.74 Å². The van der Waals surface area contributed by atoms with E-state index in [1.54, 1.807) is 0 Å². The number of rotatable bonds is 3. The third-order valence-corrected chi connectivity index (χ3v) is 1.11. The maximum absolute atomic E-state index is 11.1. The normalized spacial score (nSPS) is 18.0. The first-order valence-electron chi connectivity index (χ1n) is 4.46. The van der Waals surface area contributed by atoms with E-state index in [0.29, 0.717) is 0 Å². The second-order valence-corrected chi connectivity index (χ2v) is 1.82. The van der Waals surface area contributed by atoms with Crippen molar-refractivity contribution in [2.45, 2.75) is 20.2 Å². The van der Waals surface area contributed by atoms with E-state index in [1.165, 1.54) is 6.92 Å². The molecule has 0 aliphatic heterocycles. The average Bonchev–Trinajstić information content (AvgIpc) is 2.01. The van der Waals surface area contributed by atoms with Crippen LogP contribution < -0.4 is 0 Å². The maximum Gasteiger partial charge on any atom is 0.374 e. The van der Waals surface area contributed by atoms with E-state index in [1.807, 2.05) is 0 Å². The number of hydrogen-bond acceptors (Lipinski definition) is 3. The van der Waals surface area contributed by atoms with Gasteiger partial charge in [-0.3, -0.25) is 4.79 Å². The summed E-state index contributed by atoms with van der Waals surface area (Å²) in [5.74, 6) is -3.33. The van der Waals surface area contributed by atoms with Crippen LogP contribution in [-0.2, 0) is 14.3 Å². The molecule has 0 aliphatic rings. The molecular weight excluding hydrogens is 132 g/mol. The third kappa shape index (κ3) is 2.17. The number of carbonyl (C=O) groups is 2. The molecule has 0 rings (SSSR count). The Morgan fingerprint density at radius 2 is 2.30 bits per heavy atom. The molecule has 3 heteroatoms. The van der Waals surface area contributed by atoms with Crippen LogP contribution in [0.3, 0.4) is 0 Å². The van der Waals surface area contributed by atoms with Crippen molar-refractivity contribution in [3.05, 3.63) is 0 Å². The van der Waals surface area contributed by atoms with E-state index in [9.17, 15) is 9.59 Å². The molecule has 0 aromatic heterocycles. The molecule has 0 fully saturated rings. The van der Waals surface area contributed by atoms with E-state index < -0.39 is 24.5 Å². The fourth-order valence-corrected chi connectivity index (χ4v) is 0.428. The van der Waals surface area contributed by atoms with Crippen LogP contribution in [0.2, 0.25) is 0 Å². The smallest absolute Gasteiger partial charge is 0.374 e. The average molecular weight is 147 g/mol. The molecule has 0 bridgehead atoms. The van der Waals surface area contributed by atoms with Crippen molar-refractivity contribution in [3.8, 4) is 0 Å². The van der Waals surface area contributed by atoms with Crippen LogP contribution in [0.5, 0.6) is 0 Å². The molecule has 0 saturated heterocycles. The second kappa shape index (κ2) is 4.04. The highest BCUT2D eigenvalue weighted by Gasteiger charge is 2.19. The lowest BCUT2D eigenvalue weighted by Crippen LogP contribution is -2.22. The Morgan fingerprint density at radius 3 is 2.60 bits per heavy atom. The van der Waals surface area contributed by atoms with Crippen LogP contribution in [-0.4, -0.2) is 18.9 Å². The zero-order valence-corrected chi connectivity index (χ0v) is 6.01. The lowest BCUT2D eigenvalue weighted by Gasteiger charge is -2.03. The monoisotopic (exact) mass is 147 g/mol. The first kappa shape index (κ1) is 4.88. The molecule has 0 spiro atoms. The van der Waals surface area contributed by atoms with Gasteiger partial charge in [0.1, 0.15) is 0 Å².